The van der Waals surface area contributed by atoms with Crippen LogP contribution in [0, 0.1) is 11.8 Å². The Morgan fingerprint density at radius 1 is 1.06 bits per heavy atom. The van der Waals surface area contributed by atoms with E-state index in [0.29, 0.717) is 64.2 Å². The fourth-order valence-corrected chi connectivity index (χ4v) is 5.38. The van der Waals surface area contributed by atoms with Gasteiger partial charge < -0.3 is 15.1 Å². The molecule has 0 aromatic carbocycles. The van der Waals surface area contributed by atoms with E-state index in [1.807, 2.05) is 18.7 Å². The molecule has 170 valence electrons. The number of carbonyl (C=O) groups excluding carboxylic acids is 4. The van der Waals surface area contributed by atoms with E-state index in [0.717, 1.165) is 12.8 Å². The molecule has 1 spiro atoms. The number of hydrogen-bond donors (Lipinski definition) is 1. The summed E-state index contributed by atoms with van der Waals surface area (Å²) in [6.45, 7) is 5.89. The fourth-order valence-electron chi connectivity index (χ4n) is 5.38. The van der Waals surface area contributed by atoms with Gasteiger partial charge in [0, 0.05) is 44.6 Å². The molecular weight excluding hydrogens is 396 g/mol. The van der Waals surface area contributed by atoms with Crippen LogP contribution in [0.4, 0.5) is 4.79 Å². The highest BCUT2D eigenvalue weighted by Crippen LogP contribution is 2.33. The van der Waals surface area contributed by atoms with Gasteiger partial charge in [0.25, 0.3) is 5.91 Å². The molecule has 8 heteroatoms. The molecule has 1 atom stereocenters. The largest absolute Gasteiger partial charge is 0.343 e. The number of imide groups is 1. The minimum atomic E-state index is -0.882. The lowest BCUT2D eigenvalue weighted by atomic mass is 9.86. The summed E-state index contributed by atoms with van der Waals surface area (Å²) >= 11 is 0. The van der Waals surface area contributed by atoms with Gasteiger partial charge in [-0.05, 0) is 44.4 Å². The van der Waals surface area contributed by atoms with E-state index in [2.05, 4.69) is 17.5 Å². The number of urea groups is 1. The predicted octanol–water partition coefficient (Wildman–Crippen LogP) is 1.90. The van der Waals surface area contributed by atoms with Crippen molar-refractivity contribution < 1.29 is 19.2 Å². The summed E-state index contributed by atoms with van der Waals surface area (Å²) < 4.78 is 0. The Morgan fingerprint density at radius 3 is 2.32 bits per heavy atom. The van der Waals surface area contributed by atoms with Crippen molar-refractivity contribution in [1.82, 2.24) is 20.0 Å². The van der Waals surface area contributed by atoms with E-state index in [1.54, 1.807) is 4.90 Å². The zero-order chi connectivity index (χ0) is 22.2. The molecule has 4 rings (SSSR count). The molecule has 0 saturated carbocycles. The molecule has 3 heterocycles. The molecule has 0 aromatic heterocycles. The van der Waals surface area contributed by atoms with Gasteiger partial charge in [-0.1, -0.05) is 26.0 Å². The zero-order valence-corrected chi connectivity index (χ0v) is 18.6. The second-order valence-corrected chi connectivity index (χ2v) is 9.75. The monoisotopic (exact) mass is 430 g/mol. The number of nitrogens with zero attached hydrogens (tertiary/aromatic N) is 3. The molecule has 1 aliphatic carbocycles. The Hall–Kier alpha value is -2.38. The van der Waals surface area contributed by atoms with E-state index < -0.39 is 5.54 Å². The van der Waals surface area contributed by atoms with Crippen LogP contribution in [0.25, 0.3) is 0 Å². The SMILES string of the molecule is CC(C)C(=O)N1CCC2(CC1)NC(=O)N(C1CCN(C(=O)C[C@@H]3C=CCC3)CC1)C2=O. The van der Waals surface area contributed by atoms with Crippen LogP contribution in [-0.4, -0.2) is 76.2 Å². The Morgan fingerprint density at radius 2 is 1.74 bits per heavy atom. The molecule has 0 unspecified atom stereocenters. The molecule has 5 amide bonds. The summed E-state index contributed by atoms with van der Waals surface area (Å²) in [6.07, 6.45) is 9.10. The maximum Gasteiger partial charge on any atom is 0.325 e. The quantitative estimate of drug-likeness (QED) is 0.545. The minimum absolute atomic E-state index is 0.0722. The lowest BCUT2D eigenvalue weighted by molar-refractivity contribution is -0.141. The first kappa shape index (κ1) is 21.8. The molecule has 1 N–H and O–H groups in total. The Kier molecular flexibility index (Phi) is 6.08. The molecule has 31 heavy (non-hydrogen) atoms. The van der Waals surface area contributed by atoms with Crippen LogP contribution in [-0.2, 0) is 14.4 Å². The highest BCUT2D eigenvalue weighted by atomic mass is 16.2. The first-order valence-corrected chi connectivity index (χ1v) is 11.7. The number of allylic oxidation sites excluding steroid dienone is 2. The van der Waals surface area contributed by atoms with Crippen LogP contribution in [0.3, 0.4) is 0 Å². The Bertz CT molecular complexity index is 776. The average Bonchev–Trinajstić information content (AvgIpc) is 3.34. The topological polar surface area (TPSA) is 90.0 Å². The zero-order valence-electron chi connectivity index (χ0n) is 18.6. The first-order valence-electron chi connectivity index (χ1n) is 11.7. The van der Waals surface area contributed by atoms with Gasteiger partial charge in [-0.3, -0.25) is 19.3 Å². The summed E-state index contributed by atoms with van der Waals surface area (Å²) in [4.78, 5) is 56.0. The number of carbonyl (C=O) groups is 4. The van der Waals surface area contributed by atoms with Crippen LogP contribution in [0.5, 0.6) is 0 Å². The normalized spacial score (nSPS) is 26.3. The second kappa shape index (κ2) is 8.63. The van der Waals surface area contributed by atoms with Crippen molar-refractivity contribution in [3.8, 4) is 0 Å². The summed E-state index contributed by atoms with van der Waals surface area (Å²) in [5.41, 5.74) is -0.882. The van der Waals surface area contributed by atoms with Gasteiger partial charge in [0.1, 0.15) is 5.54 Å². The van der Waals surface area contributed by atoms with Gasteiger partial charge >= 0.3 is 6.03 Å². The summed E-state index contributed by atoms with van der Waals surface area (Å²) in [5, 5.41) is 2.95. The number of piperidine rings is 2. The molecule has 3 saturated heterocycles. The van der Waals surface area contributed by atoms with E-state index in [9.17, 15) is 19.2 Å². The maximum atomic E-state index is 13.3. The van der Waals surface area contributed by atoms with E-state index >= 15 is 0 Å². The third kappa shape index (κ3) is 4.21. The van der Waals surface area contributed by atoms with Gasteiger partial charge in [-0.15, -0.1) is 0 Å². The Balaban J connectivity index is 1.32. The molecule has 0 bridgehead atoms. The van der Waals surface area contributed by atoms with E-state index in [1.165, 1.54) is 4.90 Å². The molecule has 4 aliphatic rings. The molecule has 0 radical (unpaired) electrons. The van der Waals surface area contributed by atoms with Gasteiger partial charge in [-0.2, -0.15) is 0 Å². The fraction of sp³-hybridized carbons (Fsp3) is 0.739. The third-order valence-corrected chi connectivity index (χ3v) is 7.35. The predicted molar refractivity (Wildman–Crippen MR) is 115 cm³/mol. The van der Waals surface area contributed by atoms with Crippen molar-refractivity contribution in [3.05, 3.63) is 12.2 Å². The lowest BCUT2D eigenvalue weighted by Gasteiger charge is -2.39. The van der Waals surface area contributed by atoms with Crippen LogP contribution in [0.15, 0.2) is 12.2 Å². The van der Waals surface area contributed by atoms with E-state index in [-0.39, 0.29) is 35.7 Å². The van der Waals surface area contributed by atoms with Crippen LogP contribution >= 0.6 is 0 Å². The molecule has 0 aromatic rings. The van der Waals surface area contributed by atoms with Crippen molar-refractivity contribution in [2.45, 2.75) is 70.4 Å². The second-order valence-electron chi connectivity index (χ2n) is 9.75. The highest BCUT2D eigenvalue weighted by molar-refractivity contribution is 6.07. The van der Waals surface area contributed by atoms with Gasteiger partial charge in [-0.25, -0.2) is 4.79 Å². The molecule has 8 nitrogen and oxygen atoms in total. The van der Waals surface area contributed by atoms with Gasteiger partial charge in [0.2, 0.25) is 11.8 Å². The summed E-state index contributed by atoms with van der Waals surface area (Å²) in [6, 6.07) is -0.493. The van der Waals surface area contributed by atoms with Crippen molar-refractivity contribution in [3.63, 3.8) is 0 Å². The lowest BCUT2D eigenvalue weighted by Crippen LogP contribution is -2.57. The summed E-state index contributed by atoms with van der Waals surface area (Å²) in [5.74, 6) is 0.385. The summed E-state index contributed by atoms with van der Waals surface area (Å²) in [7, 11) is 0. The number of hydrogen-bond acceptors (Lipinski definition) is 4. The highest BCUT2D eigenvalue weighted by Gasteiger charge is 2.54. The van der Waals surface area contributed by atoms with Crippen molar-refractivity contribution in [2.24, 2.45) is 11.8 Å². The number of rotatable bonds is 4. The molecule has 3 fully saturated rings. The van der Waals surface area contributed by atoms with Crippen LogP contribution in [0.1, 0.15) is 58.8 Å². The van der Waals surface area contributed by atoms with Crippen molar-refractivity contribution in [1.29, 1.82) is 0 Å². The van der Waals surface area contributed by atoms with Crippen LogP contribution < -0.4 is 5.32 Å². The first-order chi connectivity index (χ1) is 14.8. The van der Waals surface area contributed by atoms with Gasteiger partial charge in [0.15, 0.2) is 0 Å². The van der Waals surface area contributed by atoms with Crippen molar-refractivity contribution >= 4 is 23.8 Å². The minimum Gasteiger partial charge on any atom is -0.343 e. The average molecular weight is 431 g/mol. The van der Waals surface area contributed by atoms with E-state index in [4.69, 9.17) is 0 Å². The standard InChI is InChI=1S/C23H34N4O4/c1-16(2)20(29)26-13-9-23(10-14-26)21(30)27(22(31)24-23)18-7-11-25(12-8-18)19(28)15-17-5-3-4-6-17/h3,5,16-18H,4,6-15H2,1-2H3,(H,24,31)/t17-/m1/s1. The molecule has 3 aliphatic heterocycles. The number of likely N-dealkylation sites (tertiary alicyclic amines) is 2. The Labute approximate surface area is 184 Å². The number of nitrogens with one attached hydrogen (secondary N) is 1. The van der Waals surface area contributed by atoms with Gasteiger partial charge in [0.05, 0.1) is 0 Å². The third-order valence-electron chi connectivity index (χ3n) is 7.35. The van der Waals surface area contributed by atoms with Crippen LogP contribution in [0.2, 0.25) is 0 Å². The maximum absolute atomic E-state index is 13.3. The van der Waals surface area contributed by atoms with Crippen molar-refractivity contribution in [2.75, 3.05) is 26.2 Å². The molecular formula is C23H34N4O4. The smallest absolute Gasteiger partial charge is 0.325 e. The number of amides is 5.